The molecule has 0 aliphatic rings. The van der Waals surface area contributed by atoms with E-state index in [1.54, 1.807) is 42.6 Å². The van der Waals surface area contributed by atoms with Crippen molar-refractivity contribution in [1.29, 1.82) is 0 Å². The van der Waals surface area contributed by atoms with Gasteiger partial charge in [0.2, 0.25) is 0 Å². The molecule has 2 aromatic rings. The van der Waals surface area contributed by atoms with Gasteiger partial charge in [0.15, 0.2) is 5.78 Å². The molecule has 6 heteroatoms. The van der Waals surface area contributed by atoms with E-state index in [1.807, 2.05) is 0 Å². The van der Waals surface area contributed by atoms with E-state index in [2.05, 4.69) is 20.9 Å². The quantitative estimate of drug-likeness (QED) is 0.614. The molecule has 0 radical (unpaired) electrons. The zero-order chi connectivity index (χ0) is 13.1. The van der Waals surface area contributed by atoms with Crippen LogP contribution in [0.1, 0.15) is 20.7 Å². The van der Waals surface area contributed by atoms with Crippen LogP contribution in [0.25, 0.3) is 0 Å². The van der Waals surface area contributed by atoms with Crippen molar-refractivity contribution in [2.75, 3.05) is 5.73 Å². The van der Waals surface area contributed by atoms with E-state index in [0.717, 1.165) is 5.56 Å². The molecule has 2 rings (SSSR count). The lowest BCUT2D eigenvalue weighted by Gasteiger charge is -2.09. The molecule has 1 heterocycles. The second kappa shape index (κ2) is 7.03. The summed E-state index contributed by atoms with van der Waals surface area (Å²) in [5, 5.41) is 0.537. The minimum atomic E-state index is -0.457. The lowest BCUT2D eigenvalue weighted by Crippen LogP contribution is -2.07. The molecule has 3 nitrogen and oxygen atoms in total. The number of rotatable bonds is 3. The zero-order valence-electron chi connectivity index (χ0n) is 9.72. The van der Waals surface area contributed by atoms with Gasteiger partial charge < -0.3 is 5.73 Å². The van der Waals surface area contributed by atoms with Crippen molar-refractivity contribution in [1.82, 2.24) is 4.98 Å². The third-order valence-corrected chi connectivity index (χ3v) is 3.62. The van der Waals surface area contributed by atoms with Crippen molar-refractivity contribution >= 4 is 56.1 Å². The minimum absolute atomic E-state index is 0. The van der Waals surface area contributed by atoms with Crippen molar-refractivity contribution in [2.45, 2.75) is 4.83 Å². The number of nitrogens with zero attached hydrogens (tertiary/aromatic N) is 1. The van der Waals surface area contributed by atoms with E-state index in [4.69, 9.17) is 17.3 Å². The van der Waals surface area contributed by atoms with Crippen LogP contribution in [0.2, 0.25) is 5.02 Å². The number of hydrogen-bond acceptors (Lipinski definition) is 3. The number of aromatic nitrogens is 1. The molecular weight excluding hydrogens is 395 g/mol. The van der Waals surface area contributed by atoms with Gasteiger partial charge in [0.05, 0.1) is 0 Å². The normalized spacial score (nSPS) is 11.5. The van der Waals surface area contributed by atoms with E-state index >= 15 is 0 Å². The lowest BCUT2D eigenvalue weighted by molar-refractivity contribution is 0.0991. The molecule has 2 N–H and O–H groups in total. The SMILES string of the molecule is Br.Nc1cc(C(Br)C(=O)c2cccc(Cl)c2)ccn1. The Hall–Kier alpha value is -0.910. The highest BCUT2D eigenvalue weighted by Crippen LogP contribution is 2.28. The average molecular weight is 407 g/mol. The number of carbonyl (C=O) groups is 1. The van der Waals surface area contributed by atoms with Crippen LogP contribution in [0, 0.1) is 0 Å². The maximum absolute atomic E-state index is 12.2. The number of hydrogen-bond donors (Lipinski definition) is 1. The first-order valence-electron chi connectivity index (χ1n) is 5.23. The summed E-state index contributed by atoms with van der Waals surface area (Å²) in [5.41, 5.74) is 6.92. The molecule has 1 unspecified atom stereocenters. The maximum atomic E-state index is 12.2. The average Bonchev–Trinajstić information content (AvgIpc) is 2.37. The molecule has 19 heavy (non-hydrogen) atoms. The summed E-state index contributed by atoms with van der Waals surface area (Å²) in [5.74, 6) is 0.318. The molecule has 0 amide bonds. The van der Waals surface area contributed by atoms with Crippen LogP contribution in [0.3, 0.4) is 0 Å². The number of halogens is 3. The Bertz CT molecular complexity index is 592. The Morgan fingerprint density at radius 2 is 2.05 bits per heavy atom. The summed E-state index contributed by atoms with van der Waals surface area (Å²) in [6, 6.07) is 10.3. The van der Waals surface area contributed by atoms with E-state index in [1.165, 1.54) is 0 Å². The largest absolute Gasteiger partial charge is 0.384 e. The van der Waals surface area contributed by atoms with Gasteiger partial charge in [-0.1, -0.05) is 39.7 Å². The van der Waals surface area contributed by atoms with E-state index in [9.17, 15) is 4.79 Å². The lowest BCUT2D eigenvalue weighted by atomic mass is 10.0. The van der Waals surface area contributed by atoms with Crippen LogP contribution < -0.4 is 5.73 Å². The highest BCUT2D eigenvalue weighted by molar-refractivity contribution is 9.09. The smallest absolute Gasteiger partial charge is 0.180 e. The van der Waals surface area contributed by atoms with Gasteiger partial charge in [-0.3, -0.25) is 4.79 Å². The second-order valence-corrected chi connectivity index (χ2v) is 5.10. The van der Waals surface area contributed by atoms with Crippen LogP contribution in [0.15, 0.2) is 42.6 Å². The van der Waals surface area contributed by atoms with Gasteiger partial charge in [0.25, 0.3) is 0 Å². The van der Waals surface area contributed by atoms with Crippen molar-refractivity contribution in [3.63, 3.8) is 0 Å². The second-order valence-electron chi connectivity index (χ2n) is 3.75. The first kappa shape index (κ1) is 16.1. The molecule has 0 aliphatic carbocycles. The molecular formula is C13H11Br2ClN2O. The van der Waals surface area contributed by atoms with Gasteiger partial charge in [-0.25, -0.2) is 4.98 Å². The van der Waals surface area contributed by atoms with E-state index < -0.39 is 4.83 Å². The Labute approximate surface area is 135 Å². The fourth-order valence-electron chi connectivity index (χ4n) is 1.56. The molecule has 0 bridgehead atoms. The number of Topliss-reactive ketones (excluding diaryl/α,β-unsaturated/α-hetero) is 1. The van der Waals surface area contributed by atoms with Gasteiger partial charge in [0.1, 0.15) is 10.6 Å². The monoisotopic (exact) mass is 404 g/mol. The fraction of sp³-hybridized carbons (Fsp3) is 0.0769. The van der Waals surface area contributed by atoms with Crippen LogP contribution in [-0.4, -0.2) is 10.8 Å². The predicted octanol–water partition coefficient (Wildman–Crippen LogP) is 4.21. The van der Waals surface area contributed by atoms with Gasteiger partial charge in [0, 0.05) is 16.8 Å². The molecule has 1 aromatic heterocycles. The first-order chi connectivity index (χ1) is 8.58. The number of nitrogens with two attached hydrogens (primary N) is 1. The molecule has 100 valence electrons. The van der Waals surface area contributed by atoms with Gasteiger partial charge in [-0.05, 0) is 29.8 Å². The van der Waals surface area contributed by atoms with Crippen molar-refractivity contribution in [2.24, 2.45) is 0 Å². The van der Waals surface area contributed by atoms with Crippen molar-refractivity contribution in [3.05, 3.63) is 58.7 Å². The summed E-state index contributed by atoms with van der Waals surface area (Å²) in [7, 11) is 0. The standard InChI is InChI=1S/C13H10BrClN2O.BrH/c14-12(8-4-5-17-11(16)7-8)13(18)9-2-1-3-10(15)6-9;/h1-7,12H,(H2,16,17);1H. The topological polar surface area (TPSA) is 56.0 Å². The minimum Gasteiger partial charge on any atom is -0.384 e. The number of alkyl halides is 1. The maximum Gasteiger partial charge on any atom is 0.180 e. The number of pyridine rings is 1. The summed E-state index contributed by atoms with van der Waals surface area (Å²) in [6.45, 7) is 0. The molecule has 1 aromatic carbocycles. The van der Waals surface area contributed by atoms with Gasteiger partial charge in [-0.2, -0.15) is 0 Å². The summed E-state index contributed by atoms with van der Waals surface area (Å²) in [4.78, 5) is 15.7. The first-order valence-corrected chi connectivity index (χ1v) is 6.52. The number of anilines is 1. The number of benzene rings is 1. The summed E-state index contributed by atoms with van der Waals surface area (Å²) >= 11 is 9.24. The molecule has 0 saturated carbocycles. The van der Waals surface area contributed by atoms with Gasteiger partial charge in [-0.15, -0.1) is 17.0 Å². The molecule has 0 saturated heterocycles. The van der Waals surface area contributed by atoms with Crippen LogP contribution in [0.4, 0.5) is 5.82 Å². The van der Waals surface area contributed by atoms with E-state index in [0.29, 0.717) is 16.4 Å². The third-order valence-electron chi connectivity index (χ3n) is 2.44. The van der Waals surface area contributed by atoms with Crippen molar-refractivity contribution in [3.8, 4) is 0 Å². The number of carbonyl (C=O) groups excluding carboxylic acids is 1. The van der Waals surface area contributed by atoms with Crippen molar-refractivity contribution < 1.29 is 4.79 Å². The summed E-state index contributed by atoms with van der Waals surface area (Å²) < 4.78 is 0. The molecule has 0 spiro atoms. The van der Waals surface area contributed by atoms with Gasteiger partial charge >= 0.3 is 0 Å². The molecule has 1 atom stereocenters. The number of ketones is 1. The Kier molecular flexibility index (Phi) is 5.97. The Morgan fingerprint density at radius 1 is 1.32 bits per heavy atom. The predicted molar refractivity (Wildman–Crippen MR) is 86.4 cm³/mol. The summed E-state index contributed by atoms with van der Waals surface area (Å²) in [6.07, 6.45) is 1.57. The molecule has 0 fully saturated rings. The Morgan fingerprint density at radius 3 is 2.68 bits per heavy atom. The highest BCUT2D eigenvalue weighted by Gasteiger charge is 2.19. The number of nitrogen functional groups attached to an aromatic ring is 1. The van der Waals surface area contributed by atoms with Crippen LogP contribution >= 0.6 is 44.5 Å². The van der Waals surface area contributed by atoms with Crippen LogP contribution in [0.5, 0.6) is 0 Å². The fourth-order valence-corrected chi connectivity index (χ4v) is 2.30. The highest BCUT2D eigenvalue weighted by atomic mass is 79.9. The molecule has 0 aliphatic heterocycles. The Balaban J connectivity index is 0.00000180. The zero-order valence-corrected chi connectivity index (χ0v) is 13.8. The van der Waals surface area contributed by atoms with E-state index in [-0.39, 0.29) is 22.8 Å². The third kappa shape index (κ3) is 4.03. The van der Waals surface area contributed by atoms with Crippen LogP contribution in [-0.2, 0) is 0 Å².